The fourth-order valence-electron chi connectivity index (χ4n) is 3.35. The molecule has 1 fully saturated rings. The highest BCUT2D eigenvalue weighted by atomic mass is 35.5. The fourth-order valence-corrected chi connectivity index (χ4v) is 4.38. The van der Waals surface area contributed by atoms with Gasteiger partial charge in [-0.15, -0.1) is 0 Å². The van der Waals surface area contributed by atoms with Crippen molar-refractivity contribution < 1.29 is 4.74 Å². The van der Waals surface area contributed by atoms with Crippen LogP contribution in [0.2, 0.25) is 5.15 Å². The van der Waals surface area contributed by atoms with E-state index in [2.05, 4.69) is 39.1 Å². The molecule has 24 heavy (non-hydrogen) atoms. The molecule has 0 unspecified atom stereocenters. The number of hydrogen-bond acceptors (Lipinski definition) is 7. The fraction of sp³-hybridized carbons (Fsp3) is 0.562. The predicted molar refractivity (Wildman–Crippen MR) is 98.1 cm³/mol. The summed E-state index contributed by atoms with van der Waals surface area (Å²) in [7, 11) is 2.17. The van der Waals surface area contributed by atoms with E-state index in [1.54, 1.807) is 6.07 Å². The Morgan fingerprint density at radius 1 is 1.33 bits per heavy atom. The first-order chi connectivity index (χ1) is 11.5. The minimum absolute atomic E-state index is 0.220. The number of rotatable bonds is 2. The zero-order chi connectivity index (χ0) is 16.7. The van der Waals surface area contributed by atoms with Crippen molar-refractivity contribution in [3.8, 4) is 0 Å². The van der Waals surface area contributed by atoms with Crippen LogP contribution in [0.4, 0.5) is 5.13 Å². The quantitative estimate of drug-likeness (QED) is 0.828. The van der Waals surface area contributed by atoms with Crippen LogP contribution >= 0.6 is 22.9 Å². The highest BCUT2D eigenvalue weighted by molar-refractivity contribution is 7.22. The Labute approximate surface area is 149 Å². The van der Waals surface area contributed by atoms with E-state index in [1.807, 2.05) is 6.07 Å². The lowest BCUT2D eigenvalue weighted by atomic mass is 9.82. The van der Waals surface area contributed by atoms with Gasteiger partial charge in [0.1, 0.15) is 21.1 Å². The maximum absolute atomic E-state index is 6.19. The van der Waals surface area contributed by atoms with E-state index in [0.717, 1.165) is 41.4 Å². The summed E-state index contributed by atoms with van der Waals surface area (Å²) >= 11 is 7.38. The van der Waals surface area contributed by atoms with E-state index in [-0.39, 0.29) is 5.60 Å². The highest BCUT2D eigenvalue weighted by Gasteiger charge is 2.42. The van der Waals surface area contributed by atoms with Gasteiger partial charge in [-0.1, -0.05) is 22.9 Å². The van der Waals surface area contributed by atoms with Gasteiger partial charge in [-0.3, -0.25) is 5.32 Å². The highest BCUT2D eigenvalue weighted by Crippen LogP contribution is 2.35. The van der Waals surface area contributed by atoms with E-state index in [9.17, 15) is 0 Å². The van der Waals surface area contributed by atoms with Crippen LogP contribution in [0.5, 0.6) is 0 Å². The Hall–Kier alpha value is -1.44. The molecule has 1 saturated heterocycles. The summed E-state index contributed by atoms with van der Waals surface area (Å²) in [5.41, 5.74) is 0.602. The number of piperidine rings is 1. The topological polar surface area (TPSA) is 62.6 Å². The number of aliphatic imine (C=N–C) groups is 1. The number of pyridine rings is 1. The third-order valence-electron chi connectivity index (χ3n) is 4.88. The van der Waals surface area contributed by atoms with Gasteiger partial charge < -0.3 is 9.64 Å². The molecule has 2 aliphatic rings. The summed E-state index contributed by atoms with van der Waals surface area (Å²) in [5, 5.41) is 4.40. The molecular weight excluding hydrogens is 346 g/mol. The molecule has 0 spiro atoms. The molecule has 4 rings (SSSR count). The Morgan fingerprint density at radius 3 is 2.92 bits per heavy atom. The van der Waals surface area contributed by atoms with Gasteiger partial charge in [-0.25, -0.2) is 15.0 Å². The van der Waals surface area contributed by atoms with Gasteiger partial charge in [0, 0.05) is 5.92 Å². The van der Waals surface area contributed by atoms with Gasteiger partial charge in [0.15, 0.2) is 5.13 Å². The Bertz CT molecular complexity index is 786. The number of amidine groups is 1. The molecule has 0 radical (unpaired) electrons. The summed E-state index contributed by atoms with van der Waals surface area (Å²) in [6.07, 6.45) is 2.30. The number of thiazole rings is 1. The van der Waals surface area contributed by atoms with Crippen molar-refractivity contribution in [2.24, 2.45) is 10.9 Å². The van der Waals surface area contributed by atoms with E-state index >= 15 is 0 Å². The summed E-state index contributed by atoms with van der Waals surface area (Å²) in [6.45, 7) is 5.10. The van der Waals surface area contributed by atoms with Crippen LogP contribution in [0.15, 0.2) is 17.1 Å². The molecule has 1 N–H and O–H groups in total. The summed E-state index contributed by atoms with van der Waals surface area (Å²) < 4.78 is 6.19. The van der Waals surface area contributed by atoms with E-state index < -0.39 is 0 Å². The predicted octanol–water partition coefficient (Wildman–Crippen LogP) is 3.24. The standard InChI is InChI=1S/C16H20ClN5OS/c1-16(10-5-7-22(2)8-6-10)9-18-14(23-16)21-15-19-11-3-4-12(17)20-13(11)24-15/h3-4,10H,5-9H2,1-2H3,(H,18,19,21)/t16-/m1/s1. The van der Waals surface area contributed by atoms with Crippen molar-refractivity contribution >= 4 is 44.4 Å². The average molecular weight is 366 g/mol. The number of likely N-dealkylation sites (tertiary alicyclic amines) is 1. The zero-order valence-electron chi connectivity index (χ0n) is 13.8. The van der Waals surface area contributed by atoms with Gasteiger partial charge in [0.25, 0.3) is 6.02 Å². The van der Waals surface area contributed by atoms with Crippen molar-refractivity contribution in [2.45, 2.75) is 25.4 Å². The molecule has 0 saturated carbocycles. The molecule has 2 aliphatic heterocycles. The van der Waals surface area contributed by atoms with E-state index in [4.69, 9.17) is 16.3 Å². The second-order valence-electron chi connectivity index (χ2n) is 6.72. The molecule has 0 amide bonds. The van der Waals surface area contributed by atoms with Crippen molar-refractivity contribution in [1.29, 1.82) is 0 Å². The zero-order valence-corrected chi connectivity index (χ0v) is 15.3. The minimum atomic E-state index is -0.220. The van der Waals surface area contributed by atoms with Crippen LogP contribution in [0.25, 0.3) is 10.3 Å². The molecule has 6 nitrogen and oxygen atoms in total. The Morgan fingerprint density at radius 2 is 2.12 bits per heavy atom. The molecule has 8 heteroatoms. The lowest BCUT2D eigenvalue weighted by molar-refractivity contribution is 0.0109. The maximum atomic E-state index is 6.19. The number of halogens is 1. The molecule has 1 atom stereocenters. The number of nitrogens with zero attached hydrogens (tertiary/aromatic N) is 4. The van der Waals surface area contributed by atoms with Crippen LogP contribution < -0.4 is 5.32 Å². The van der Waals surface area contributed by atoms with Crippen molar-refractivity contribution in [3.63, 3.8) is 0 Å². The van der Waals surface area contributed by atoms with Crippen LogP contribution in [0.3, 0.4) is 0 Å². The summed E-state index contributed by atoms with van der Waals surface area (Å²) in [5.74, 6) is 0.535. The van der Waals surface area contributed by atoms with Crippen molar-refractivity contribution in [2.75, 3.05) is 32.0 Å². The first-order valence-electron chi connectivity index (χ1n) is 8.14. The number of hydrogen-bond donors (Lipinski definition) is 1. The number of fused-ring (bicyclic) bond motifs is 1. The van der Waals surface area contributed by atoms with Gasteiger partial charge in [-0.2, -0.15) is 0 Å². The number of aromatic nitrogens is 2. The molecule has 0 bridgehead atoms. The largest absolute Gasteiger partial charge is 0.456 e. The molecule has 0 aliphatic carbocycles. The third kappa shape index (κ3) is 3.08. The van der Waals surface area contributed by atoms with E-state index in [1.165, 1.54) is 11.3 Å². The van der Waals surface area contributed by atoms with Crippen molar-refractivity contribution in [3.05, 3.63) is 17.3 Å². The smallest absolute Gasteiger partial charge is 0.291 e. The first kappa shape index (κ1) is 16.1. The number of anilines is 1. The van der Waals surface area contributed by atoms with Crippen LogP contribution in [-0.4, -0.2) is 53.2 Å². The van der Waals surface area contributed by atoms with Crippen LogP contribution in [0.1, 0.15) is 19.8 Å². The average Bonchev–Trinajstić information content (AvgIpc) is 3.11. The maximum Gasteiger partial charge on any atom is 0.291 e. The molecule has 4 heterocycles. The third-order valence-corrected chi connectivity index (χ3v) is 5.97. The molecular formula is C16H20ClN5OS. The lowest BCUT2D eigenvalue weighted by Gasteiger charge is -2.38. The Balaban J connectivity index is 1.44. The molecule has 2 aromatic heterocycles. The second-order valence-corrected chi connectivity index (χ2v) is 8.08. The lowest BCUT2D eigenvalue weighted by Crippen LogP contribution is -2.45. The molecule has 128 valence electrons. The van der Waals surface area contributed by atoms with E-state index in [0.29, 0.717) is 23.6 Å². The summed E-state index contributed by atoms with van der Waals surface area (Å²) in [4.78, 5) is 16.5. The second kappa shape index (κ2) is 6.13. The molecule has 2 aromatic rings. The number of ether oxygens (including phenoxy) is 1. The minimum Gasteiger partial charge on any atom is -0.456 e. The summed E-state index contributed by atoms with van der Waals surface area (Å²) in [6, 6.07) is 4.17. The normalized spacial score (nSPS) is 25.7. The monoisotopic (exact) mass is 365 g/mol. The molecule has 0 aromatic carbocycles. The van der Waals surface area contributed by atoms with Crippen LogP contribution in [-0.2, 0) is 4.74 Å². The number of nitrogens with one attached hydrogen (secondary N) is 1. The SMILES string of the molecule is CN1CCC([C@@]2(C)CN=C(Nc3nc4ccc(Cl)nc4s3)O2)CC1. The first-order valence-corrected chi connectivity index (χ1v) is 9.33. The van der Waals surface area contributed by atoms with Gasteiger partial charge in [0.05, 0.1) is 6.54 Å². The van der Waals surface area contributed by atoms with Gasteiger partial charge in [0.2, 0.25) is 0 Å². The Kier molecular flexibility index (Phi) is 4.10. The van der Waals surface area contributed by atoms with Gasteiger partial charge >= 0.3 is 0 Å². The van der Waals surface area contributed by atoms with Gasteiger partial charge in [-0.05, 0) is 52.0 Å². The van der Waals surface area contributed by atoms with Crippen molar-refractivity contribution in [1.82, 2.24) is 14.9 Å². The van der Waals surface area contributed by atoms with Crippen LogP contribution in [0, 0.1) is 5.92 Å².